The molecule has 0 aromatic carbocycles. The van der Waals surface area contributed by atoms with Crippen LogP contribution in [-0.2, 0) is 19.1 Å². The molecule has 0 saturated heterocycles. The summed E-state index contributed by atoms with van der Waals surface area (Å²) in [6.45, 7) is 3.76. The molecule has 0 spiro atoms. The van der Waals surface area contributed by atoms with E-state index < -0.39 is 22.4 Å². The molecule has 0 heterocycles. The van der Waals surface area contributed by atoms with E-state index in [9.17, 15) is 19.7 Å². The molecule has 0 aromatic heterocycles. The minimum Gasteiger partial charge on any atom is -0.460 e. The number of carbonyl (C=O) groups is 2. The molecule has 0 amide bonds. The molecule has 0 aliphatic rings. The SMILES string of the molecule is CCOC(=O)C(C)(C(=O)OCC)[N+](=O)[O-]. The van der Waals surface area contributed by atoms with Crippen LogP contribution in [0.15, 0.2) is 0 Å². The number of hydrogen-bond donors (Lipinski definition) is 0. The lowest BCUT2D eigenvalue weighted by atomic mass is 10.0. The summed E-state index contributed by atoms with van der Waals surface area (Å²) in [5, 5.41) is 10.7. The zero-order valence-corrected chi connectivity index (χ0v) is 8.81. The van der Waals surface area contributed by atoms with E-state index in [0.29, 0.717) is 0 Å². The molecule has 0 bridgehead atoms. The van der Waals surface area contributed by atoms with Crippen LogP contribution in [0.25, 0.3) is 0 Å². The minimum absolute atomic E-state index is 0.0400. The van der Waals surface area contributed by atoms with Gasteiger partial charge in [0, 0.05) is 11.8 Å². The molecule has 0 aliphatic heterocycles. The number of esters is 2. The molecule has 0 aliphatic carbocycles. The lowest BCUT2D eigenvalue weighted by Crippen LogP contribution is -2.52. The Labute approximate surface area is 86.5 Å². The number of rotatable bonds is 5. The second kappa shape index (κ2) is 5.28. The van der Waals surface area contributed by atoms with Crippen molar-refractivity contribution < 1.29 is 24.0 Å². The minimum atomic E-state index is -2.48. The Bertz CT molecular complexity index is 256. The predicted octanol–water partition coefficient (Wildman–Crippen LogP) is 0.148. The van der Waals surface area contributed by atoms with Gasteiger partial charge in [-0.15, -0.1) is 0 Å². The highest BCUT2D eigenvalue weighted by Gasteiger charge is 2.57. The van der Waals surface area contributed by atoms with Crippen molar-refractivity contribution in [1.29, 1.82) is 0 Å². The molecular weight excluding hydrogens is 206 g/mol. The highest BCUT2D eigenvalue weighted by Crippen LogP contribution is 2.14. The van der Waals surface area contributed by atoms with Gasteiger partial charge in [0.2, 0.25) is 0 Å². The van der Waals surface area contributed by atoms with Crippen molar-refractivity contribution in [2.45, 2.75) is 26.3 Å². The topological polar surface area (TPSA) is 95.7 Å². The van der Waals surface area contributed by atoms with E-state index >= 15 is 0 Å². The van der Waals surface area contributed by atoms with E-state index in [0.717, 1.165) is 6.92 Å². The van der Waals surface area contributed by atoms with Crippen molar-refractivity contribution in [3.05, 3.63) is 10.1 Å². The molecule has 0 N–H and O–H groups in total. The summed E-state index contributed by atoms with van der Waals surface area (Å²) in [7, 11) is 0. The van der Waals surface area contributed by atoms with Gasteiger partial charge in [0.15, 0.2) is 0 Å². The van der Waals surface area contributed by atoms with Crippen molar-refractivity contribution in [3.8, 4) is 0 Å². The van der Waals surface area contributed by atoms with Crippen LogP contribution >= 0.6 is 0 Å². The number of nitro groups is 1. The van der Waals surface area contributed by atoms with E-state index in [1.165, 1.54) is 13.8 Å². The molecule has 0 rings (SSSR count). The second-order valence-electron chi connectivity index (χ2n) is 2.77. The van der Waals surface area contributed by atoms with Crippen molar-refractivity contribution in [1.82, 2.24) is 0 Å². The Kier molecular flexibility index (Phi) is 4.69. The fourth-order valence-electron chi connectivity index (χ4n) is 0.776. The van der Waals surface area contributed by atoms with Crippen LogP contribution < -0.4 is 0 Å². The standard InChI is InChI=1S/C8H13NO6/c1-4-14-6(10)8(3,9(12)13)7(11)15-5-2/h4-5H2,1-3H3. The van der Waals surface area contributed by atoms with Gasteiger partial charge in [0.05, 0.1) is 13.2 Å². The lowest BCUT2D eigenvalue weighted by Gasteiger charge is -2.16. The van der Waals surface area contributed by atoms with Gasteiger partial charge in [-0.3, -0.25) is 10.1 Å². The molecule has 7 nitrogen and oxygen atoms in total. The van der Waals surface area contributed by atoms with E-state index in [1.54, 1.807) is 0 Å². The van der Waals surface area contributed by atoms with Crippen molar-refractivity contribution in [2.24, 2.45) is 0 Å². The third-order valence-corrected chi connectivity index (χ3v) is 1.71. The summed E-state index contributed by atoms with van der Waals surface area (Å²) in [6, 6.07) is 0. The van der Waals surface area contributed by atoms with Gasteiger partial charge in [-0.25, -0.2) is 9.59 Å². The maximum Gasteiger partial charge on any atom is 0.407 e. The van der Waals surface area contributed by atoms with E-state index in [2.05, 4.69) is 9.47 Å². The van der Waals surface area contributed by atoms with Crippen LogP contribution in [0, 0.1) is 10.1 Å². The molecule has 0 fully saturated rings. The molecule has 86 valence electrons. The Hall–Kier alpha value is -1.66. The number of nitrogens with zero attached hydrogens (tertiary/aromatic N) is 1. The van der Waals surface area contributed by atoms with E-state index in [1.807, 2.05) is 0 Å². The summed E-state index contributed by atoms with van der Waals surface area (Å²) in [4.78, 5) is 32.2. The van der Waals surface area contributed by atoms with Gasteiger partial charge >= 0.3 is 17.5 Å². The first-order chi connectivity index (χ1) is 6.91. The van der Waals surface area contributed by atoms with Crippen molar-refractivity contribution in [3.63, 3.8) is 0 Å². The van der Waals surface area contributed by atoms with E-state index in [-0.39, 0.29) is 13.2 Å². The molecule has 15 heavy (non-hydrogen) atoms. The predicted molar refractivity (Wildman–Crippen MR) is 48.7 cm³/mol. The Morgan fingerprint density at radius 2 is 1.53 bits per heavy atom. The largest absolute Gasteiger partial charge is 0.460 e. The molecule has 0 atom stereocenters. The van der Waals surface area contributed by atoms with Crippen molar-refractivity contribution in [2.75, 3.05) is 13.2 Å². The molecule has 0 unspecified atom stereocenters. The third kappa shape index (κ3) is 2.64. The van der Waals surface area contributed by atoms with Crippen LogP contribution in [0.1, 0.15) is 20.8 Å². The average molecular weight is 219 g/mol. The average Bonchev–Trinajstić information content (AvgIpc) is 2.16. The normalized spacial score (nSPS) is 10.6. The van der Waals surface area contributed by atoms with Crippen molar-refractivity contribution >= 4 is 11.9 Å². The summed E-state index contributed by atoms with van der Waals surface area (Å²) in [5.74, 6) is -2.43. The zero-order chi connectivity index (χ0) is 12.1. The monoisotopic (exact) mass is 219 g/mol. The maximum absolute atomic E-state index is 11.3. The Morgan fingerprint density at radius 1 is 1.20 bits per heavy atom. The highest BCUT2D eigenvalue weighted by atomic mass is 16.7. The van der Waals surface area contributed by atoms with Gasteiger partial charge in [0.25, 0.3) is 0 Å². The zero-order valence-electron chi connectivity index (χ0n) is 8.81. The number of carbonyl (C=O) groups excluding carboxylic acids is 2. The van der Waals surface area contributed by atoms with Gasteiger partial charge in [-0.1, -0.05) is 0 Å². The summed E-state index contributed by atoms with van der Waals surface area (Å²) in [5.41, 5.74) is -2.48. The number of ether oxygens (including phenoxy) is 2. The fourth-order valence-corrected chi connectivity index (χ4v) is 0.776. The maximum atomic E-state index is 11.3. The Morgan fingerprint density at radius 3 is 1.73 bits per heavy atom. The summed E-state index contributed by atoms with van der Waals surface area (Å²) < 4.78 is 8.91. The summed E-state index contributed by atoms with van der Waals surface area (Å²) in [6.07, 6.45) is 0. The van der Waals surface area contributed by atoms with E-state index in [4.69, 9.17) is 0 Å². The van der Waals surface area contributed by atoms with Crippen LogP contribution in [0.2, 0.25) is 0 Å². The first-order valence-electron chi connectivity index (χ1n) is 4.40. The highest BCUT2D eigenvalue weighted by molar-refractivity contribution is 6.02. The quantitative estimate of drug-likeness (QED) is 0.282. The van der Waals surface area contributed by atoms with Gasteiger partial charge in [0.1, 0.15) is 0 Å². The molecule has 7 heteroatoms. The van der Waals surface area contributed by atoms with Gasteiger partial charge in [-0.05, 0) is 13.8 Å². The van der Waals surface area contributed by atoms with Crippen LogP contribution in [0.5, 0.6) is 0 Å². The fraction of sp³-hybridized carbons (Fsp3) is 0.750. The van der Waals surface area contributed by atoms with Crippen LogP contribution in [0.4, 0.5) is 0 Å². The van der Waals surface area contributed by atoms with Gasteiger partial charge < -0.3 is 9.47 Å². The number of hydrogen-bond acceptors (Lipinski definition) is 6. The molecular formula is C8H13NO6. The molecule has 0 radical (unpaired) electrons. The second-order valence-corrected chi connectivity index (χ2v) is 2.77. The Balaban J connectivity index is 4.97. The van der Waals surface area contributed by atoms with Gasteiger partial charge in [-0.2, -0.15) is 0 Å². The van der Waals surface area contributed by atoms with Crippen LogP contribution in [0.3, 0.4) is 0 Å². The van der Waals surface area contributed by atoms with Crippen LogP contribution in [-0.4, -0.2) is 35.6 Å². The lowest BCUT2D eigenvalue weighted by molar-refractivity contribution is -0.537. The first-order valence-corrected chi connectivity index (χ1v) is 4.40. The summed E-state index contributed by atoms with van der Waals surface area (Å²) >= 11 is 0. The molecule has 0 saturated carbocycles. The third-order valence-electron chi connectivity index (χ3n) is 1.71. The smallest absolute Gasteiger partial charge is 0.407 e. The first kappa shape index (κ1) is 13.3. The molecule has 0 aromatic rings.